The number of aromatic nitrogens is 2. The number of carbonyl (C=O) groups excluding carboxylic acids is 2. The van der Waals surface area contributed by atoms with Crippen LogP contribution in [0.25, 0.3) is 10.9 Å². The van der Waals surface area contributed by atoms with E-state index < -0.39 is 35.1 Å². The summed E-state index contributed by atoms with van der Waals surface area (Å²) in [5, 5.41) is 13.8. The van der Waals surface area contributed by atoms with Gasteiger partial charge >= 0.3 is 6.18 Å². The van der Waals surface area contributed by atoms with E-state index in [1.54, 1.807) is 24.9 Å². The average molecular weight is 506 g/mol. The molecule has 0 bridgehead atoms. The molecule has 4 rings (SSSR count). The smallest absolute Gasteiger partial charge is 0.382 e. The second-order valence-electron chi connectivity index (χ2n) is 9.30. The predicted octanol–water partition coefficient (Wildman–Crippen LogP) is 4.58. The van der Waals surface area contributed by atoms with Crippen molar-refractivity contribution in [3.8, 4) is 0 Å². The Morgan fingerprint density at radius 3 is 2.50 bits per heavy atom. The molecule has 1 fully saturated rings. The second kappa shape index (κ2) is 10.2. The van der Waals surface area contributed by atoms with Crippen LogP contribution in [0.3, 0.4) is 0 Å². The van der Waals surface area contributed by atoms with Crippen molar-refractivity contribution in [3.63, 3.8) is 0 Å². The van der Waals surface area contributed by atoms with Gasteiger partial charge in [0.25, 0.3) is 5.91 Å². The molecule has 2 aromatic carbocycles. The van der Waals surface area contributed by atoms with Crippen LogP contribution in [0, 0.1) is 11.7 Å². The van der Waals surface area contributed by atoms with Crippen molar-refractivity contribution in [3.05, 3.63) is 59.5 Å². The highest BCUT2D eigenvalue weighted by molar-refractivity contribution is 5.98. The van der Waals surface area contributed by atoms with E-state index in [4.69, 9.17) is 0 Å². The van der Waals surface area contributed by atoms with Crippen molar-refractivity contribution in [2.45, 2.75) is 44.9 Å². The lowest BCUT2D eigenvalue weighted by Crippen LogP contribution is -2.54. The minimum Gasteiger partial charge on any atom is -0.382 e. The molecular weight excluding hydrogens is 478 g/mol. The van der Waals surface area contributed by atoms with Crippen LogP contribution in [-0.4, -0.2) is 52.1 Å². The minimum absolute atomic E-state index is 0.143. The largest absolute Gasteiger partial charge is 0.416 e. The number of nitrogens with zero attached hydrogens (tertiary/aromatic N) is 2. The van der Waals surface area contributed by atoms with Crippen LogP contribution in [0.15, 0.2) is 42.6 Å². The summed E-state index contributed by atoms with van der Waals surface area (Å²) in [6, 6.07) is 6.67. The zero-order valence-electron chi connectivity index (χ0n) is 19.8. The molecule has 2 heterocycles. The number of fused-ring (bicyclic) bond motifs is 1. The molecule has 1 aliphatic rings. The first-order valence-corrected chi connectivity index (χ1v) is 11.7. The first-order chi connectivity index (χ1) is 17.0. The number of hydrogen-bond acceptors (Lipinski definition) is 4. The van der Waals surface area contributed by atoms with Gasteiger partial charge in [-0.25, -0.2) is 4.39 Å². The maximum Gasteiger partial charge on any atom is 0.416 e. The van der Waals surface area contributed by atoms with E-state index in [-0.39, 0.29) is 17.9 Å². The van der Waals surface area contributed by atoms with Crippen molar-refractivity contribution in [1.82, 2.24) is 20.4 Å². The monoisotopic (exact) mass is 505 g/mol. The van der Waals surface area contributed by atoms with Gasteiger partial charge in [-0.2, -0.15) is 18.3 Å². The Hall–Kier alpha value is -3.63. The number of nitrogens with one attached hydrogen (secondary N) is 3. The quantitative estimate of drug-likeness (QED) is 0.428. The fraction of sp³-hybridized carbons (Fsp3) is 0.400. The third kappa shape index (κ3) is 5.60. The molecule has 0 aliphatic carbocycles. The van der Waals surface area contributed by atoms with E-state index in [0.717, 1.165) is 16.6 Å². The summed E-state index contributed by atoms with van der Waals surface area (Å²) >= 11 is 0. The summed E-state index contributed by atoms with van der Waals surface area (Å²) in [7, 11) is 0. The number of hydrogen-bond donors (Lipinski definition) is 3. The van der Waals surface area contributed by atoms with Crippen molar-refractivity contribution < 1.29 is 27.2 Å². The molecule has 1 aliphatic heterocycles. The first-order valence-electron chi connectivity index (χ1n) is 11.7. The Morgan fingerprint density at radius 2 is 1.83 bits per heavy atom. The molecule has 1 atom stereocenters. The molecular formula is C25H27F4N5O2. The molecule has 3 N–H and O–H groups in total. The number of piperidine rings is 1. The lowest BCUT2D eigenvalue weighted by Gasteiger charge is -2.36. The van der Waals surface area contributed by atoms with E-state index in [1.165, 1.54) is 0 Å². The zero-order chi connectivity index (χ0) is 26.0. The number of likely N-dealkylation sites (tertiary alicyclic amines) is 1. The molecule has 0 saturated carbocycles. The standard InChI is InChI=1S/C25H27F4N5O2/c1-14(2)22(32-23(35)19-12-16(25(27,28)29)3-5-20(19)26)24(36)34-9-7-17(8-10-34)31-18-4-6-21-15(11-18)13-30-33-21/h3-6,11-14,17,22,31H,7-10H2,1-2H3,(H,30,33)(H,32,35). The Bertz CT molecular complexity index is 1250. The lowest BCUT2D eigenvalue weighted by atomic mass is 9.98. The summed E-state index contributed by atoms with van der Waals surface area (Å²) in [5.41, 5.74) is 0.000560. The summed E-state index contributed by atoms with van der Waals surface area (Å²) in [5.74, 6) is -2.84. The van der Waals surface area contributed by atoms with Gasteiger partial charge in [-0.15, -0.1) is 0 Å². The second-order valence-corrected chi connectivity index (χ2v) is 9.30. The van der Waals surface area contributed by atoms with Crippen LogP contribution in [-0.2, 0) is 11.0 Å². The van der Waals surface area contributed by atoms with Crippen molar-refractivity contribution in [2.24, 2.45) is 5.92 Å². The highest BCUT2D eigenvalue weighted by atomic mass is 19.4. The topological polar surface area (TPSA) is 90.1 Å². The lowest BCUT2D eigenvalue weighted by molar-refractivity contribution is -0.138. The van der Waals surface area contributed by atoms with Crippen LogP contribution in [0.2, 0.25) is 0 Å². The van der Waals surface area contributed by atoms with E-state index >= 15 is 0 Å². The SMILES string of the molecule is CC(C)C(NC(=O)c1cc(C(F)(F)F)ccc1F)C(=O)N1CCC(Nc2ccc3[nH]ncc3c2)CC1. The molecule has 192 valence electrons. The van der Waals surface area contributed by atoms with Crippen LogP contribution in [0.5, 0.6) is 0 Å². The van der Waals surface area contributed by atoms with Gasteiger partial charge in [0.2, 0.25) is 5.91 Å². The fourth-order valence-corrected chi connectivity index (χ4v) is 4.32. The molecule has 7 nitrogen and oxygen atoms in total. The number of alkyl halides is 3. The fourth-order valence-electron chi connectivity index (χ4n) is 4.32. The summed E-state index contributed by atoms with van der Waals surface area (Å²) in [6.45, 7) is 4.32. The number of carbonyl (C=O) groups is 2. The van der Waals surface area contributed by atoms with Gasteiger partial charge in [0, 0.05) is 30.2 Å². The number of amides is 2. The molecule has 2 amide bonds. The third-order valence-electron chi connectivity index (χ3n) is 6.38. The van der Waals surface area contributed by atoms with Gasteiger partial charge in [-0.3, -0.25) is 14.7 Å². The molecule has 0 radical (unpaired) electrons. The van der Waals surface area contributed by atoms with Crippen LogP contribution in [0.4, 0.5) is 23.2 Å². The molecule has 3 aromatic rings. The van der Waals surface area contributed by atoms with Gasteiger partial charge in [0.1, 0.15) is 11.9 Å². The third-order valence-corrected chi connectivity index (χ3v) is 6.38. The van der Waals surface area contributed by atoms with E-state index in [0.29, 0.717) is 44.1 Å². The van der Waals surface area contributed by atoms with Crippen molar-refractivity contribution in [1.29, 1.82) is 0 Å². The molecule has 0 spiro atoms. The van der Waals surface area contributed by atoms with Crippen molar-refractivity contribution in [2.75, 3.05) is 18.4 Å². The number of H-pyrrole nitrogens is 1. The molecule has 1 saturated heterocycles. The maximum atomic E-state index is 14.2. The molecule has 36 heavy (non-hydrogen) atoms. The van der Waals surface area contributed by atoms with E-state index in [9.17, 15) is 27.2 Å². The Morgan fingerprint density at radius 1 is 1.11 bits per heavy atom. The maximum absolute atomic E-state index is 14.2. The number of rotatable bonds is 6. The first kappa shape index (κ1) is 25.5. The van der Waals surface area contributed by atoms with Gasteiger partial charge in [0.15, 0.2) is 0 Å². The van der Waals surface area contributed by atoms with E-state index in [2.05, 4.69) is 20.8 Å². The normalized spacial score (nSPS) is 15.8. The average Bonchev–Trinajstić information content (AvgIpc) is 3.30. The van der Waals surface area contributed by atoms with Gasteiger partial charge < -0.3 is 15.5 Å². The zero-order valence-corrected chi connectivity index (χ0v) is 19.8. The Balaban J connectivity index is 1.38. The van der Waals surface area contributed by atoms with Crippen LogP contribution >= 0.6 is 0 Å². The summed E-state index contributed by atoms with van der Waals surface area (Å²) in [6.07, 6.45) is -1.63. The van der Waals surface area contributed by atoms with Crippen molar-refractivity contribution >= 4 is 28.4 Å². The van der Waals surface area contributed by atoms with Gasteiger partial charge in [-0.1, -0.05) is 13.8 Å². The Kier molecular flexibility index (Phi) is 7.18. The van der Waals surface area contributed by atoms with E-state index in [1.807, 2.05) is 18.2 Å². The molecule has 1 aromatic heterocycles. The molecule has 11 heteroatoms. The van der Waals surface area contributed by atoms with Crippen LogP contribution in [0.1, 0.15) is 42.6 Å². The van der Waals surface area contributed by atoms with Gasteiger partial charge in [0.05, 0.1) is 22.8 Å². The Labute approximate surface area is 205 Å². The number of aromatic amines is 1. The predicted molar refractivity (Wildman–Crippen MR) is 127 cm³/mol. The number of halogens is 4. The number of anilines is 1. The summed E-state index contributed by atoms with van der Waals surface area (Å²) < 4.78 is 53.2. The molecule has 1 unspecified atom stereocenters. The minimum atomic E-state index is -4.72. The number of benzene rings is 2. The highest BCUT2D eigenvalue weighted by Crippen LogP contribution is 2.30. The van der Waals surface area contributed by atoms with Gasteiger partial charge in [-0.05, 0) is 55.2 Å². The summed E-state index contributed by atoms with van der Waals surface area (Å²) in [4.78, 5) is 27.5. The van der Waals surface area contributed by atoms with Crippen LogP contribution < -0.4 is 10.6 Å². The highest BCUT2D eigenvalue weighted by Gasteiger charge is 2.34.